The summed E-state index contributed by atoms with van der Waals surface area (Å²) in [7, 11) is 0. The summed E-state index contributed by atoms with van der Waals surface area (Å²) in [6, 6.07) is 18.3. The van der Waals surface area contributed by atoms with Gasteiger partial charge in [0.25, 0.3) is 0 Å². The molecule has 3 aromatic carbocycles. The van der Waals surface area contributed by atoms with Gasteiger partial charge in [0.2, 0.25) is 0 Å². The Bertz CT molecular complexity index is 1350. The van der Waals surface area contributed by atoms with Crippen molar-refractivity contribution in [2.75, 3.05) is 6.73 Å². The molecule has 1 aliphatic rings. The summed E-state index contributed by atoms with van der Waals surface area (Å²) in [6.45, 7) is 2.98. The number of aryl methyl sites for hydroxylation is 1. The maximum atomic E-state index is 14.3. The highest BCUT2D eigenvalue weighted by Gasteiger charge is 2.24. The van der Waals surface area contributed by atoms with Crippen molar-refractivity contribution in [2.24, 2.45) is 0 Å². The molecule has 0 fully saturated rings. The predicted molar refractivity (Wildman–Crippen MR) is 123 cm³/mol. The average molecular weight is 450 g/mol. The first-order valence-electron chi connectivity index (χ1n) is 10.4. The number of benzene rings is 3. The molecule has 0 radical (unpaired) electrons. The molecule has 0 saturated heterocycles. The lowest BCUT2D eigenvalue weighted by Gasteiger charge is -2.29. The molecule has 0 bridgehead atoms. The van der Waals surface area contributed by atoms with E-state index in [9.17, 15) is 9.18 Å². The third-order valence-corrected chi connectivity index (χ3v) is 6.32. The number of nitrogens with zero attached hydrogens (tertiary/aromatic N) is 1. The average Bonchev–Trinajstić information content (AvgIpc) is 2.80. The zero-order chi connectivity index (χ0) is 22.2. The van der Waals surface area contributed by atoms with Crippen LogP contribution < -0.4 is 10.4 Å². The van der Waals surface area contributed by atoms with E-state index >= 15 is 0 Å². The molecule has 6 heteroatoms. The molecular formula is C26H21ClFNO3. The van der Waals surface area contributed by atoms with Crippen LogP contribution in [-0.4, -0.2) is 11.6 Å². The number of ether oxygens (including phenoxy) is 1. The number of halogens is 2. The van der Waals surface area contributed by atoms with Crippen LogP contribution in [0.2, 0.25) is 5.02 Å². The van der Waals surface area contributed by atoms with E-state index in [2.05, 4.69) is 0 Å². The fourth-order valence-corrected chi connectivity index (χ4v) is 4.44. The highest BCUT2D eigenvalue weighted by molar-refractivity contribution is 6.31. The Balaban J connectivity index is 1.52. The molecule has 4 nitrogen and oxygen atoms in total. The maximum Gasteiger partial charge on any atom is 0.340 e. The van der Waals surface area contributed by atoms with Gasteiger partial charge in [-0.15, -0.1) is 0 Å². The van der Waals surface area contributed by atoms with Gasteiger partial charge >= 0.3 is 5.63 Å². The van der Waals surface area contributed by atoms with Crippen LogP contribution >= 0.6 is 11.6 Å². The van der Waals surface area contributed by atoms with Crippen LogP contribution in [0, 0.1) is 12.7 Å². The second-order valence-electron chi connectivity index (χ2n) is 8.04. The van der Waals surface area contributed by atoms with Gasteiger partial charge in [-0.25, -0.2) is 9.18 Å². The zero-order valence-corrected chi connectivity index (χ0v) is 18.3. The Morgan fingerprint density at radius 3 is 2.62 bits per heavy atom. The van der Waals surface area contributed by atoms with Gasteiger partial charge in [-0.2, -0.15) is 0 Å². The molecular weight excluding hydrogens is 429 g/mol. The summed E-state index contributed by atoms with van der Waals surface area (Å²) in [6.07, 6.45) is 0.510. The van der Waals surface area contributed by atoms with Gasteiger partial charge in [-0.3, -0.25) is 4.90 Å². The summed E-state index contributed by atoms with van der Waals surface area (Å²) >= 11 is 6.20. The third kappa shape index (κ3) is 3.78. The lowest BCUT2D eigenvalue weighted by atomic mass is 9.97. The minimum absolute atomic E-state index is 0.288. The van der Waals surface area contributed by atoms with Crippen molar-refractivity contribution in [1.82, 2.24) is 4.90 Å². The lowest BCUT2D eigenvalue weighted by molar-refractivity contribution is 0.0880. The molecule has 0 unspecified atom stereocenters. The molecule has 5 rings (SSSR count). The van der Waals surface area contributed by atoms with E-state index in [-0.39, 0.29) is 18.0 Å². The normalized spacial score (nSPS) is 13.7. The Morgan fingerprint density at radius 1 is 1.03 bits per heavy atom. The summed E-state index contributed by atoms with van der Waals surface area (Å²) < 4.78 is 26.0. The second-order valence-corrected chi connectivity index (χ2v) is 8.44. The van der Waals surface area contributed by atoms with Crippen molar-refractivity contribution in [3.63, 3.8) is 0 Å². The molecule has 1 aromatic heterocycles. The molecule has 162 valence electrons. The monoisotopic (exact) mass is 449 g/mol. The van der Waals surface area contributed by atoms with Gasteiger partial charge in [-0.1, -0.05) is 48.0 Å². The van der Waals surface area contributed by atoms with Crippen LogP contribution in [0.1, 0.15) is 27.8 Å². The predicted octanol–water partition coefficient (Wildman–Crippen LogP) is 5.84. The van der Waals surface area contributed by atoms with E-state index in [0.717, 1.165) is 22.1 Å². The van der Waals surface area contributed by atoms with Crippen molar-refractivity contribution in [3.05, 3.63) is 110 Å². The molecule has 1 aliphatic heterocycles. The first-order chi connectivity index (χ1) is 15.5. The van der Waals surface area contributed by atoms with Gasteiger partial charge in [0.15, 0.2) is 0 Å². The van der Waals surface area contributed by atoms with Crippen LogP contribution in [0.15, 0.2) is 69.9 Å². The quantitative estimate of drug-likeness (QED) is 0.367. The van der Waals surface area contributed by atoms with E-state index in [1.54, 1.807) is 12.1 Å². The molecule has 0 N–H and O–H groups in total. The Morgan fingerprint density at radius 2 is 1.84 bits per heavy atom. The molecule has 4 aromatic rings. The van der Waals surface area contributed by atoms with E-state index in [4.69, 9.17) is 20.8 Å². The van der Waals surface area contributed by atoms with E-state index in [1.165, 1.54) is 6.07 Å². The second kappa shape index (κ2) is 8.41. The molecule has 0 amide bonds. The summed E-state index contributed by atoms with van der Waals surface area (Å²) in [5, 5.41) is 1.25. The zero-order valence-electron chi connectivity index (χ0n) is 17.5. The van der Waals surface area contributed by atoms with Crippen LogP contribution in [0.5, 0.6) is 5.75 Å². The summed E-state index contributed by atoms with van der Waals surface area (Å²) in [5.41, 5.74) is 3.98. The van der Waals surface area contributed by atoms with Crippen molar-refractivity contribution in [1.29, 1.82) is 0 Å². The number of fused-ring (bicyclic) bond motifs is 3. The highest BCUT2D eigenvalue weighted by atomic mass is 35.5. The minimum Gasteiger partial charge on any atom is -0.478 e. The van der Waals surface area contributed by atoms with Crippen molar-refractivity contribution < 1.29 is 13.5 Å². The minimum atomic E-state index is -0.353. The summed E-state index contributed by atoms with van der Waals surface area (Å²) in [4.78, 5) is 14.8. The van der Waals surface area contributed by atoms with E-state index in [1.807, 2.05) is 54.3 Å². The van der Waals surface area contributed by atoms with Gasteiger partial charge in [0, 0.05) is 41.0 Å². The Labute approximate surface area is 189 Å². The van der Waals surface area contributed by atoms with Crippen molar-refractivity contribution in [3.8, 4) is 5.75 Å². The van der Waals surface area contributed by atoms with Crippen molar-refractivity contribution >= 4 is 22.6 Å². The third-order valence-electron chi connectivity index (χ3n) is 5.97. The molecule has 2 heterocycles. The maximum absolute atomic E-state index is 14.3. The molecule has 0 atom stereocenters. The van der Waals surface area contributed by atoms with Crippen LogP contribution in [0.25, 0.3) is 11.0 Å². The van der Waals surface area contributed by atoms with Gasteiger partial charge < -0.3 is 9.15 Å². The smallest absolute Gasteiger partial charge is 0.340 e. The largest absolute Gasteiger partial charge is 0.478 e. The van der Waals surface area contributed by atoms with Gasteiger partial charge in [0.1, 0.15) is 23.9 Å². The van der Waals surface area contributed by atoms with Crippen molar-refractivity contribution in [2.45, 2.75) is 26.4 Å². The Kier molecular flexibility index (Phi) is 5.45. The molecule has 0 aliphatic carbocycles. The Hall–Kier alpha value is -3.15. The SMILES string of the molecule is Cc1c(Cc2ccccc2)c(=O)oc2c3c(ccc12)OCN(Cc1c(F)cccc1Cl)C3. The molecule has 0 saturated carbocycles. The number of hydrogen-bond donors (Lipinski definition) is 0. The lowest BCUT2D eigenvalue weighted by Crippen LogP contribution is -2.32. The standard InChI is InChI=1S/C26H21ClFNO3/c1-16-18-10-11-24-21(14-29(15-31-24)13-20-22(27)8-5-9-23(20)28)25(18)32-26(30)19(16)12-17-6-3-2-4-7-17/h2-11H,12-15H2,1H3. The molecule has 0 spiro atoms. The highest BCUT2D eigenvalue weighted by Crippen LogP contribution is 2.35. The number of hydrogen-bond acceptors (Lipinski definition) is 4. The number of rotatable bonds is 4. The fraction of sp³-hybridized carbons (Fsp3) is 0.192. The first-order valence-corrected chi connectivity index (χ1v) is 10.8. The van der Waals surface area contributed by atoms with Crippen LogP contribution in [0.3, 0.4) is 0 Å². The first kappa shape index (κ1) is 20.7. The fourth-order valence-electron chi connectivity index (χ4n) is 4.22. The summed E-state index contributed by atoms with van der Waals surface area (Å²) in [5.74, 6) is 0.320. The molecule has 32 heavy (non-hydrogen) atoms. The topological polar surface area (TPSA) is 42.7 Å². The van der Waals surface area contributed by atoms with Gasteiger partial charge in [0.05, 0.1) is 5.56 Å². The van der Waals surface area contributed by atoms with Gasteiger partial charge in [-0.05, 0) is 42.3 Å². The van der Waals surface area contributed by atoms with Crippen LogP contribution in [0.4, 0.5) is 4.39 Å². The van der Waals surface area contributed by atoms with Crippen LogP contribution in [-0.2, 0) is 19.5 Å². The van der Waals surface area contributed by atoms with E-state index < -0.39 is 0 Å². The van der Waals surface area contributed by atoms with E-state index in [0.29, 0.717) is 47.2 Å².